The van der Waals surface area contributed by atoms with Gasteiger partial charge in [0.1, 0.15) is 6.54 Å². The summed E-state index contributed by atoms with van der Waals surface area (Å²) in [6.07, 6.45) is 1.45. The predicted molar refractivity (Wildman–Crippen MR) is 64.2 cm³/mol. The number of aliphatic imine (C=N–C) groups is 1. The van der Waals surface area contributed by atoms with E-state index in [0.29, 0.717) is 19.0 Å². The van der Waals surface area contributed by atoms with Gasteiger partial charge in [-0.15, -0.1) is 0 Å². The Kier molecular flexibility index (Phi) is 8.79. The molecule has 0 saturated heterocycles. The van der Waals surface area contributed by atoms with Crippen LogP contribution in [0.1, 0.15) is 26.7 Å². The number of nitrogens with one attached hydrogen (secondary N) is 1. The van der Waals surface area contributed by atoms with Crippen molar-refractivity contribution < 1.29 is 9.53 Å². The minimum atomic E-state index is -0.429. The highest BCUT2D eigenvalue weighted by molar-refractivity contribution is 5.77. The number of unbranched alkanes of at least 4 members (excludes halogenated alkanes) is 1. The van der Waals surface area contributed by atoms with Gasteiger partial charge in [-0.3, -0.25) is 4.99 Å². The Bertz CT molecular complexity index is 285. The number of rotatable bonds is 5. The molecule has 0 saturated carbocycles. The molecule has 16 heavy (non-hydrogen) atoms. The molecule has 3 N–H and O–H groups in total. The summed E-state index contributed by atoms with van der Waals surface area (Å²) >= 11 is 0. The van der Waals surface area contributed by atoms with E-state index >= 15 is 0 Å². The van der Waals surface area contributed by atoms with E-state index in [9.17, 15) is 4.79 Å². The summed E-state index contributed by atoms with van der Waals surface area (Å²) in [7, 11) is 0. The number of amides is 1. The highest BCUT2D eigenvalue weighted by Crippen LogP contribution is 1.87. The smallest absolute Gasteiger partial charge is 0.407 e. The van der Waals surface area contributed by atoms with Gasteiger partial charge in [0.25, 0.3) is 0 Å². The first-order chi connectivity index (χ1) is 7.66. The van der Waals surface area contributed by atoms with Gasteiger partial charge in [-0.25, -0.2) is 4.79 Å². The lowest BCUT2D eigenvalue weighted by atomic mass is 10.4. The zero-order valence-corrected chi connectivity index (χ0v) is 9.88. The maximum Gasteiger partial charge on any atom is 0.407 e. The van der Waals surface area contributed by atoms with E-state index in [1.54, 1.807) is 6.92 Å². The van der Waals surface area contributed by atoms with Gasteiger partial charge < -0.3 is 15.8 Å². The number of carbonyl (C=O) groups excluding carboxylic acids is 1. The summed E-state index contributed by atoms with van der Waals surface area (Å²) < 4.78 is 4.86. The van der Waals surface area contributed by atoms with Crippen molar-refractivity contribution in [3.8, 4) is 11.8 Å². The molecule has 0 bridgehead atoms. The van der Waals surface area contributed by atoms with Crippen molar-refractivity contribution in [1.82, 2.24) is 5.32 Å². The number of ether oxygens (including phenoxy) is 1. The van der Waals surface area contributed by atoms with Crippen molar-refractivity contribution in [2.75, 3.05) is 19.7 Å². The Morgan fingerprint density at radius 2 is 2.25 bits per heavy atom. The summed E-state index contributed by atoms with van der Waals surface area (Å²) in [6, 6.07) is 0. The SMILES string of the molecule is CCCCOC(=O)NCC#CCN=C(C)N. The van der Waals surface area contributed by atoms with Crippen molar-refractivity contribution in [1.29, 1.82) is 0 Å². The van der Waals surface area contributed by atoms with E-state index in [0.717, 1.165) is 12.8 Å². The van der Waals surface area contributed by atoms with Crippen LogP contribution in [0.2, 0.25) is 0 Å². The molecule has 0 rings (SSSR count). The second-order valence-corrected chi connectivity index (χ2v) is 3.15. The van der Waals surface area contributed by atoms with Gasteiger partial charge in [-0.1, -0.05) is 25.2 Å². The topological polar surface area (TPSA) is 76.7 Å². The standard InChI is InChI=1S/C11H19N3O2/c1-3-4-9-16-11(15)14-8-6-5-7-13-10(2)12/h3-4,7-9H2,1-2H3,(H2,12,13)(H,14,15). The van der Waals surface area contributed by atoms with Gasteiger partial charge in [0.05, 0.1) is 19.0 Å². The molecule has 0 aromatic rings. The van der Waals surface area contributed by atoms with Gasteiger partial charge >= 0.3 is 6.09 Å². The molecule has 0 atom stereocenters. The number of alkyl carbamates (subject to hydrolysis) is 1. The molecule has 0 aliphatic rings. The average Bonchev–Trinajstić information content (AvgIpc) is 2.23. The molecule has 5 heteroatoms. The molecule has 0 aliphatic heterocycles. The largest absolute Gasteiger partial charge is 0.450 e. The van der Waals surface area contributed by atoms with E-state index in [4.69, 9.17) is 10.5 Å². The van der Waals surface area contributed by atoms with E-state index in [2.05, 4.69) is 22.2 Å². The fraction of sp³-hybridized carbons (Fsp3) is 0.636. The van der Waals surface area contributed by atoms with Crippen LogP contribution in [0.5, 0.6) is 0 Å². The Balaban J connectivity index is 3.50. The van der Waals surface area contributed by atoms with Crippen LogP contribution in [-0.2, 0) is 4.74 Å². The van der Waals surface area contributed by atoms with Gasteiger partial charge in [0.15, 0.2) is 0 Å². The number of carbonyl (C=O) groups is 1. The van der Waals surface area contributed by atoms with E-state index < -0.39 is 6.09 Å². The first kappa shape index (κ1) is 14.3. The fourth-order valence-corrected chi connectivity index (χ4v) is 0.759. The zero-order chi connectivity index (χ0) is 12.2. The molecule has 1 amide bonds. The molecular formula is C11H19N3O2. The van der Waals surface area contributed by atoms with Crippen LogP contribution >= 0.6 is 0 Å². The summed E-state index contributed by atoms with van der Waals surface area (Å²) in [5, 5.41) is 2.52. The molecule has 0 aliphatic carbocycles. The minimum Gasteiger partial charge on any atom is -0.450 e. The third kappa shape index (κ3) is 10.4. The minimum absolute atomic E-state index is 0.268. The second kappa shape index (κ2) is 9.84. The Morgan fingerprint density at radius 3 is 2.88 bits per heavy atom. The monoisotopic (exact) mass is 225 g/mol. The lowest BCUT2D eigenvalue weighted by molar-refractivity contribution is 0.146. The summed E-state index contributed by atoms with van der Waals surface area (Å²) in [5.74, 6) is 5.99. The number of hydrogen-bond acceptors (Lipinski definition) is 3. The molecule has 0 unspecified atom stereocenters. The maximum atomic E-state index is 11.0. The van der Waals surface area contributed by atoms with Crippen molar-refractivity contribution in [2.45, 2.75) is 26.7 Å². The van der Waals surface area contributed by atoms with Crippen LogP contribution < -0.4 is 11.1 Å². The third-order valence-corrected chi connectivity index (χ3v) is 1.58. The van der Waals surface area contributed by atoms with Crippen molar-refractivity contribution in [3.05, 3.63) is 0 Å². The molecule has 0 aromatic carbocycles. The number of hydrogen-bond donors (Lipinski definition) is 2. The Labute approximate surface area is 96.4 Å². The van der Waals surface area contributed by atoms with Crippen molar-refractivity contribution in [2.24, 2.45) is 10.7 Å². The van der Waals surface area contributed by atoms with Gasteiger partial charge in [0, 0.05) is 0 Å². The number of nitrogens with zero attached hydrogens (tertiary/aromatic N) is 1. The highest BCUT2D eigenvalue weighted by Gasteiger charge is 1.97. The van der Waals surface area contributed by atoms with E-state index in [1.165, 1.54) is 0 Å². The molecule has 0 heterocycles. The first-order valence-electron chi connectivity index (χ1n) is 5.29. The van der Waals surface area contributed by atoms with Crippen LogP contribution in [0, 0.1) is 11.8 Å². The second-order valence-electron chi connectivity index (χ2n) is 3.15. The Morgan fingerprint density at radius 1 is 1.50 bits per heavy atom. The quantitative estimate of drug-likeness (QED) is 0.316. The van der Waals surface area contributed by atoms with Gasteiger partial charge in [-0.05, 0) is 13.3 Å². The fourth-order valence-electron chi connectivity index (χ4n) is 0.759. The van der Waals surface area contributed by atoms with Crippen molar-refractivity contribution in [3.63, 3.8) is 0 Å². The number of nitrogens with two attached hydrogens (primary N) is 1. The molecule has 0 fully saturated rings. The van der Waals surface area contributed by atoms with E-state index in [1.807, 2.05) is 6.92 Å². The molecule has 0 aromatic heterocycles. The van der Waals surface area contributed by atoms with E-state index in [-0.39, 0.29) is 6.54 Å². The summed E-state index contributed by atoms with van der Waals surface area (Å²) in [5.41, 5.74) is 5.32. The maximum absolute atomic E-state index is 11.0. The normalized spacial score (nSPS) is 10.2. The molecule has 5 nitrogen and oxygen atoms in total. The summed E-state index contributed by atoms with van der Waals surface area (Å²) in [6.45, 7) is 4.81. The lowest BCUT2D eigenvalue weighted by Gasteiger charge is -2.02. The zero-order valence-electron chi connectivity index (χ0n) is 9.88. The van der Waals surface area contributed by atoms with Crippen LogP contribution in [0.25, 0.3) is 0 Å². The third-order valence-electron chi connectivity index (χ3n) is 1.58. The average molecular weight is 225 g/mol. The van der Waals surface area contributed by atoms with Crippen LogP contribution in [-0.4, -0.2) is 31.6 Å². The van der Waals surface area contributed by atoms with Crippen LogP contribution in [0.15, 0.2) is 4.99 Å². The first-order valence-corrected chi connectivity index (χ1v) is 5.29. The van der Waals surface area contributed by atoms with Crippen molar-refractivity contribution >= 4 is 11.9 Å². The predicted octanol–water partition coefficient (Wildman–Crippen LogP) is 0.893. The lowest BCUT2D eigenvalue weighted by Crippen LogP contribution is -2.24. The summed E-state index contributed by atoms with van der Waals surface area (Å²) in [4.78, 5) is 14.9. The molecule has 90 valence electrons. The van der Waals surface area contributed by atoms with Gasteiger partial charge in [-0.2, -0.15) is 0 Å². The molecular weight excluding hydrogens is 206 g/mol. The number of amidine groups is 1. The highest BCUT2D eigenvalue weighted by atomic mass is 16.5. The molecule has 0 spiro atoms. The van der Waals surface area contributed by atoms with Gasteiger partial charge in [0.2, 0.25) is 0 Å². The van der Waals surface area contributed by atoms with Crippen LogP contribution in [0.4, 0.5) is 4.79 Å². The Hall–Kier alpha value is -1.70. The molecule has 0 radical (unpaired) electrons. The van der Waals surface area contributed by atoms with Crippen LogP contribution in [0.3, 0.4) is 0 Å².